The van der Waals surface area contributed by atoms with Gasteiger partial charge in [0.15, 0.2) is 0 Å². The molecule has 158 valence electrons. The fourth-order valence-corrected chi connectivity index (χ4v) is 3.46. The largest absolute Gasteiger partial charge is 0.491 e. The van der Waals surface area contributed by atoms with Crippen LogP contribution in [-0.4, -0.2) is 40.1 Å². The van der Waals surface area contributed by atoms with Crippen LogP contribution in [0.1, 0.15) is 41.6 Å². The summed E-state index contributed by atoms with van der Waals surface area (Å²) in [7, 11) is 0. The molecule has 9 heteroatoms. The van der Waals surface area contributed by atoms with Crippen molar-refractivity contribution in [2.24, 2.45) is 5.92 Å². The average Bonchev–Trinajstić information content (AvgIpc) is 3.38. The van der Waals surface area contributed by atoms with Gasteiger partial charge in [-0.15, -0.1) is 0 Å². The predicted molar refractivity (Wildman–Crippen MR) is 106 cm³/mol. The van der Waals surface area contributed by atoms with Crippen molar-refractivity contribution >= 4 is 17.2 Å². The van der Waals surface area contributed by atoms with E-state index in [2.05, 4.69) is 15.3 Å². The molecule has 0 saturated carbocycles. The molecule has 0 bridgehead atoms. The highest BCUT2D eigenvalue weighted by Crippen LogP contribution is 2.28. The Morgan fingerprint density at radius 1 is 1.37 bits per heavy atom. The number of anilines is 1. The molecule has 0 radical (unpaired) electrons. The minimum Gasteiger partial charge on any atom is -0.491 e. The Hall–Kier alpha value is -3.07. The Labute approximate surface area is 172 Å². The van der Waals surface area contributed by atoms with Gasteiger partial charge in [0.05, 0.1) is 12.3 Å². The number of nitrogens with zero attached hydrogens (tertiary/aromatic N) is 3. The Kier molecular flexibility index (Phi) is 5.89. The number of hydrogen-bond donors (Lipinski definition) is 1. The van der Waals surface area contributed by atoms with Crippen LogP contribution >= 0.6 is 0 Å². The first-order chi connectivity index (χ1) is 14.5. The maximum absolute atomic E-state index is 12.9. The van der Waals surface area contributed by atoms with Crippen LogP contribution in [0.2, 0.25) is 0 Å². The van der Waals surface area contributed by atoms with Crippen molar-refractivity contribution in [1.29, 1.82) is 0 Å². The zero-order valence-corrected chi connectivity index (χ0v) is 16.5. The topological polar surface area (TPSA) is 77.8 Å². The molecule has 3 aromatic heterocycles. The van der Waals surface area contributed by atoms with E-state index in [0.29, 0.717) is 29.6 Å². The molecule has 1 fully saturated rings. The number of ether oxygens (including phenoxy) is 2. The van der Waals surface area contributed by atoms with E-state index in [1.54, 1.807) is 12.3 Å². The van der Waals surface area contributed by atoms with E-state index in [0.717, 1.165) is 31.7 Å². The summed E-state index contributed by atoms with van der Waals surface area (Å²) in [6, 6.07) is 5.70. The lowest BCUT2D eigenvalue weighted by atomic mass is 10.0. The molecule has 0 spiro atoms. The number of rotatable bonds is 7. The average molecular weight is 416 g/mol. The highest BCUT2D eigenvalue weighted by Gasteiger charge is 2.19. The molecule has 4 heterocycles. The van der Waals surface area contributed by atoms with E-state index >= 15 is 0 Å². The van der Waals surface area contributed by atoms with Crippen molar-refractivity contribution in [1.82, 2.24) is 14.4 Å². The molecule has 0 aliphatic carbocycles. The number of carbonyl (C=O) groups excluding carboxylic acids is 1. The van der Waals surface area contributed by atoms with Crippen LogP contribution in [0, 0.1) is 5.92 Å². The fraction of sp³-hybridized carbons (Fsp3) is 0.381. The normalized spacial score (nSPS) is 16.3. The molecule has 1 aliphatic heterocycles. The number of hydrogen-bond acceptors (Lipinski definition) is 5. The van der Waals surface area contributed by atoms with Crippen LogP contribution in [0.3, 0.4) is 0 Å². The standard InChI is InChI=1S/C21H22F2N4O3/c1-2-30-18-9-19-24-14(8-13-6-7-29-12-13)10-27(19)11-17(18)26-21(28)16-5-3-4-15(25-16)20(22)23/h3-5,9-11,13,20H,2,6-8,12H2,1H3,(H,26,28). The summed E-state index contributed by atoms with van der Waals surface area (Å²) in [6.45, 7) is 3.75. The van der Waals surface area contributed by atoms with Crippen LogP contribution in [0.15, 0.2) is 36.7 Å². The third kappa shape index (κ3) is 4.40. The summed E-state index contributed by atoms with van der Waals surface area (Å²) >= 11 is 0. The van der Waals surface area contributed by atoms with E-state index < -0.39 is 18.0 Å². The second kappa shape index (κ2) is 8.74. The molecule has 7 nitrogen and oxygen atoms in total. The number of fused-ring (bicyclic) bond motifs is 1. The number of halogens is 2. The zero-order valence-electron chi connectivity index (χ0n) is 16.5. The Morgan fingerprint density at radius 3 is 2.97 bits per heavy atom. The quantitative estimate of drug-likeness (QED) is 0.632. The van der Waals surface area contributed by atoms with E-state index in [4.69, 9.17) is 9.47 Å². The molecule has 1 saturated heterocycles. The first-order valence-corrected chi connectivity index (χ1v) is 9.82. The zero-order chi connectivity index (χ0) is 21.1. The first-order valence-electron chi connectivity index (χ1n) is 9.82. The molecular weight excluding hydrogens is 394 g/mol. The van der Waals surface area contributed by atoms with Crippen LogP contribution in [-0.2, 0) is 11.2 Å². The van der Waals surface area contributed by atoms with E-state index in [1.807, 2.05) is 17.5 Å². The van der Waals surface area contributed by atoms with Gasteiger partial charge in [-0.1, -0.05) is 6.07 Å². The number of carbonyl (C=O) groups is 1. The highest BCUT2D eigenvalue weighted by molar-refractivity contribution is 6.03. The predicted octanol–water partition coefficient (Wildman–Crippen LogP) is 3.90. The molecule has 1 atom stereocenters. The summed E-state index contributed by atoms with van der Waals surface area (Å²) in [5.74, 6) is 0.305. The van der Waals surface area contributed by atoms with Crippen LogP contribution in [0.4, 0.5) is 14.5 Å². The van der Waals surface area contributed by atoms with Gasteiger partial charge < -0.3 is 19.2 Å². The fourth-order valence-electron chi connectivity index (χ4n) is 3.46. The molecule has 1 unspecified atom stereocenters. The van der Waals surface area contributed by atoms with E-state index in [1.165, 1.54) is 18.2 Å². The lowest BCUT2D eigenvalue weighted by molar-refractivity contribution is 0.101. The number of aromatic nitrogens is 3. The van der Waals surface area contributed by atoms with Gasteiger partial charge in [-0.3, -0.25) is 4.79 Å². The van der Waals surface area contributed by atoms with Crippen molar-refractivity contribution in [3.8, 4) is 5.75 Å². The smallest absolute Gasteiger partial charge is 0.280 e. The SMILES string of the molecule is CCOc1cc2nc(CC3CCOC3)cn2cc1NC(=O)c1cccc(C(F)F)n1. The Balaban J connectivity index is 1.60. The van der Waals surface area contributed by atoms with Crippen molar-refractivity contribution in [3.05, 3.63) is 53.7 Å². The first kappa shape index (κ1) is 20.2. The number of pyridine rings is 2. The molecule has 4 rings (SSSR count). The van der Waals surface area contributed by atoms with Gasteiger partial charge in [-0.05, 0) is 37.8 Å². The Morgan fingerprint density at radius 2 is 2.23 bits per heavy atom. The van der Waals surface area contributed by atoms with Crippen LogP contribution in [0.25, 0.3) is 5.65 Å². The Bertz CT molecular complexity index is 1050. The number of imidazole rings is 1. The van der Waals surface area contributed by atoms with Gasteiger partial charge >= 0.3 is 0 Å². The van der Waals surface area contributed by atoms with E-state index in [9.17, 15) is 13.6 Å². The minimum absolute atomic E-state index is 0.0945. The molecule has 30 heavy (non-hydrogen) atoms. The van der Waals surface area contributed by atoms with Gasteiger partial charge in [0.1, 0.15) is 28.5 Å². The van der Waals surface area contributed by atoms with Crippen LogP contribution < -0.4 is 10.1 Å². The molecule has 1 amide bonds. The van der Waals surface area contributed by atoms with E-state index in [-0.39, 0.29) is 5.69 Å². The molecular formula is C21H22F2N4O3. The lowest BCUT2D eigenvalue weighted by Crippen LogP contribution is -2.16. The monoisotopic (exact) mass is 416 g/mol. The van der Waals surface area contributed by atoms with Gasteiger partial charge in [0, 0.05) is 31.7 Å². The van der Waals surface area contributed by atoms with Crippen molar-refractivity contribution in [2.75, 3.05) is 25.1 Å². The van der Waals surface area contributed by atoms with Gasteiger partial charge in [0.2, 0.25) is 0 Å². The number of amides is 1. The summed E-state index contributed by atoms with van der Waals surface area (Å²) < 4.78 is 38.7. The van der Waals surface area contributed by atoms with Crippen molar-refractivity contribution in [3.63, 3.8) is 0 Å². The summed E-state index contributed by atoms with van der Waals surface area (Å²) in [5.41, 5.74) is 1.50. The van der Waals surface area contributed by atoms with Gasteiger partial charge in [-0.25, -0.2) is 18.7 Å². The molecule has 3 aromatic rings. The van der Waals surface area contributed by atoms with Crippen LogP contribution in [0.5, 0.6) is 5.75 Å². The molecule has 1 aliphatic rings. The number of alkyl halides is 2. The maximum atomic E-state index is 12.9. The van der Waals surface area contributed by atoms with Crippen molar-refractivity contribution in [2.45, 2.75) is 26.2 Å². The molecule has 1 N–H and O–H groups in total. The highest BCUT2D eigenvalue weighted by atomic mass is 19.3. The van der Waals surface area contributed by atoms with Gasteiger partial charge in [0.25, 0.3) is 12.3 Å². The number of nitrogens with one attached hydrogen (secondary N) is 1. The van der Waals surface area contributed by atoms with Crippen molar-refractivity contribution < 1.29 is 23.0 Å². The summed E-state index contributed by atoms with van der Waals surface area (Å²) in [4.78, 5) is 21.0. The third-order valence-corrected chi connectivity index (χ3v) is 4.90. The summed E-state index contributed by atoms with van der Waals surface area (Å²) in [6.07, 6.45) is 2.70. The third-order valence-electron chi connectivity index (χ3n) is 4.90. The second-order valence-corrected chi connectivity index (χ2v) is 7.12. The minimum atomic E-state index is -2.75. The maximum Gasteiger partial charge on any atom is 0.280 e. The lowest BCUT2D eigenvalue weighted by Gasteiger charge is -2.12. The second-order valence-electron chi connectivity index (χ2n) is 7.12. The molecule has 0 aromatic carbocycles. The summed E-state index contributed by atoms with van der Waals surface area (Å²) in [5, 5.41) is 2.71. The van der Waals surface area contributed by atoms with Gasteiger partial charge in [-0.2, -0.15) is 0 Å².